The van der Waals surface area contributed by atoms with Gasteiger partial charge in [-0.3, -0.25) is 4.79 Å². The molecule has 0 spiro atoms. The maximum absolute atomic E-state index is 14.7. The van der Waals surface area contributed by atoms with E-state index in [2.05, 4.69) is 0 Å². The van der Waals surface area contributed by atoms with E-state index in [4.69, 9.17) is 47.0 Å². The first-order valence-electron chi connectivity index (χ1n) is 21.1. The Bertz CT molecular complexity index is 2580. The molecule has 14 N–H and O–H groups in total. The molecule has 0 radical (unpaired) electrons. The number of aliphatic hydroxyl groups excluding tert-OH is 10. The van der Waals surface area contributed by atoms with Crippen LogP contribution in [0.5, 0.6) is 46.0 Å². The summed E-state index contributed by atoms with van der Waals surface area (Å²) in [6.45, 7) is -2.56. The van der Waals surface area contributed by atoms with Gasteiger partial charge in [0.25, 0.3) is 0 Å². The fraction of sp³-hybridized carbons (Fsp3) is 0.455. The van der Waals surface area contributed by atoms with Crippen LogP contribution in [0.3, 0.4) is 0 Å². The summed E-state index contributed by atoms with van der Waals surface area (Å²) >= 11 is 0. The molecule has 4 heterocycles. The predicted molar refractivity (Wildman–Crippen MR) is 228 cm³/mol. The minimum atomic E-state index is -2.09. The highest BCUT2D eigenvalue weighted by Crippen LogP contribution is 2.46. The van der Waals surface area contributed by atoms with Crippen molar-refractivity contribution in [1.29, 1.82) is 0 Å². The lowest BCUT2D eigenvalue weighted by Gasteiger charge is -2.45. The molecule has 70 heavy (non-hydrogen) atoms. The third-order valence-corrected chi connectivity index (χ3v) is 11.6. The van der Waals surface area contributed by atoms with Gasteiger partial charge in [0.1, 0.15) is 84.7 Å². The number of hydrogen-bond donors (Lipinski definition) is 14. The van der Waals surface area contributed by atoms with E-state index in [0.717, 1.165) is 31.4 Å². The molecule has 1 aromatic heterocycles. The Morgan fingerprint density at radius 3 is 1.89 bits per heavy atom. The van der Waals surface area contributed by atoms with Gasteiger partial charge in [0.15, 0.2) is 52.7 Å². The summed E-state index contributed by atoms with van der Waals surface area (Å²) in [4.78, 5) is 27.3. The normalized spacial score (nSPS) is 31.3. The summed E-state index contributed by atoms with van der Waals surface area (Å²) in [6.07, 6.45) is -26.3. The van der Waals surface area contributed by atoms with Crippen LogP contribution in [0.2, 0.25) is 0 Å². The van der Waals surface area contributed by atoms with Crippen LogP contribution in [-0.4, -0.2) is 204 Å². The number of esters is 1. The van der Waals surface area contributed by atoms with Gasteiger partial charge in [-0.2, -0.15) is 0 Å². The van der Waals surface area contributed by atoms with E-state index in [-0.39, 0.29) is 11.3 Å². The lowest BCUT2D eigenvalue weighted by atomic mass is 9.97. The zero-order valence-electron chi connectivity index (χ0n) is 36.6. The van der Waals surface area contributed by atoms with E-state index in [0.29, 0.717) is 5.56 Å². The van der Waals surface area contributed by atoms with Crippen molar-refractivity contribution < 1.29 is 123 Å². The van der Waals surface area contributed by atoms with Crippen molar-refractivity contribution in [2.24, 2.45) is 0 Å². The largest absolute Gasteiger partial charge is 0.504 e. The maximum Gasteiger partial charge on any atom is 0.330 e. The fourth-order valence-corrected chi connectivity index (χ4v) is 7.73. The number of carbonyl (C=O) groups is 1. The van der Waals surface area contributed by atoms with Gasteiger partial charge in [0.05, 0.1) is 27.4 Å². The molecule has 4 aromatic rings. The molecular weight excluding hydrogens is 944 g/mol. The molecule has 0 saturated carbocycles. The topological polar surface area (TPSA) is 414 Å². The minimum Gasteiger partial charge on any atom is -0.504 e. The van der Waals surface area contributed by atoms with Crippen LogP contribution in [0.4, 0.5) is 0 Å². The molecule has 26 nitrogen and oxygen atoms in total. The van der Waals surface area contributed by atoms with Crippen LogP contribution >= 0.6 is 0 Å². The van der Waals surface area contributed by atoms with E-state index in [1.807, 2.05) is 0 Å². The van der Waals surface area contributed by atoms with Crippen LogP contribution in [0.25, 0.3) is 28.4 Å². The van der Waals surface area contributed by atoms with E-state index >= 15 is 0 Å². The highest BCUT2D eigenvalue weighted by molar-refractivity contribution is 5.91. The molecule has 0 unspecified atom stereocenters. The molecule has 3 aliphatic heterocycles. The average molecular weight is 995 g/mol. The highest BCUT2D eigenvalue weighted by Gasteiger charge is 2.52. The first-order chi connectivity index (χ1) is 33.3. The van der Waals surface area contributed by atoms with Crippen LogP contribution in [0.15, 0.2) is 57.8 Å². The molecule has 3 fully saturated rings. The summed E-state index contributed by atoms with van der Waals surface area (Å²) < 4.78 is 56.3. The third-order valence-electron chi connectivity index (χ3n) is 11.6. The first kappa shape index (κ1) is 51.8. The van der Waals surface area contributed by atoms with Crippen LogP contribution in [0, 0.1) is 0 Å². The second-order valence-electron chi connectivity index (χ2n) is 16.1. The van der Waals surface area contributed by atoms with Crippen molar-refractivity contribution in [3.05, 3.63) is 64.3 Å². The van der Waals surface area contributed by atoms with Crippen LogP contribution in [-0.2, 0) is 28.5 Å². The summed E-state index contributed by atoms with van der Waals surface area (Å²) in [5, 5.41) is 147. The monoisotopic (exact) mass is 994 g/mol. The molecule has 15 atom stereocenters. The number of phenols is 4. The zero-order valence-corrected chi connectivity index (χ0v) is 36.6. The number of methoxy groups -OCH3 is 2. The fourth-order valence-electron chi connectivity index (χ4n) is 7.73. The Labute approximate surface area is 393 Å². The summed E-state index contributed by atoms with van der Waals surface area (Å²) in [5.74, 6) is -5.95. The Morgan fingerprint density at radius 1 is 0.629 bits per heavy atom. The maximum atomic E-state index is 14.7. The lowest BCUT2D eigenvalue weighted by Crippen LogP contribution is -2.65. The molecule has 3 aromatic carbocycles. The van der Waals surface area contributed by atoms with Crippen LogP contribution < -0.4 is 24.4 Å². The number of benzene rings is 3. The third kappa shape index (κ3) is 10.2. The van der Waals surface area contributed by atoms with Gasteiger partial charge in [0, 0.05) is 17.7 Å². The summed E-state index contributed by atoms with van der Waals surface area (Å²) in [6, 6.07) is 8.32. The first-order valence-corrected chi connectivity index (χ1v) is 21.1. The predicted octanol–water partition coefficient (Wildman–Crippen LogP) is -3.25. The van der Waals surface area contributed by atoms with E-state index in [1.54, 1.807) is 0 Å². The Hall–Kier alpha value is -6.08. The SMILES string of the molecule is COc1ccc(-c2oc3cc(O[C@@H]4O[C@H](COC(=O)C=Cc5ccc(O)c(O)c5)[C@@H](O)[C@H](O)[C@H]4O)c(OC)c(O)c3c(=O)c2O[C@@H]2O[C@H](CO)[C@@H](O)[C@H](O)[C@H]2O[C@@H]2O[C@H](CO)[C@@H](O)[C@H](O)[C@H]2O)cc1O. The lowest BCUT2D eigenvalue weighted by molar-refractivity contribution is -0.358. The van der Waals surface area contributed by atoms with Crippen molar-refractivity contribution in [3.63, 3.8) is 0 Å². The van der Waals surface area contributed by atoms with Crippen molar-refractivity contribution in [1.82, 2.24) is 0 Å². The summed E-state index contributed by atoms with van der Waals surface area (Å²) in [5.41, 5.74) is -1.60. The van der Waals surface area contributed by atoms with Gasteiger partial charge < -0.3 is 119 Å². The van der Waals surface area contributed by atoms with Gasteiger partial charge >= 0.3 is 5.97 Å². The van der Waals surface area contributed by atoms with Gasteiger partial charge in [-0.05, 0) is 42.0 Å². The second-order valence-corrected chi connectivity index (χ2v) is 16.1. The molecule has 3 aliphatic rings. The molecule has 382 valence electrons. The molecule has 0 aliphatic carbocycles. The van der Waals surface area contributed by atoms with Crippen LogP contribution in [0.1, 0.15) is 5.56 Å². The number of ether oxygens (including phenoxy) is 9. The van der Waals surface area contributed by atoms with E-state index in [1.165, 1.54) is 37.5 Å². The molecule has 3 saturated heterocycles. The number of phenolic OH excluding ortho intramolecular Hbond substituents is 4. The van der Waals surface area contributed by atoms with Crippen molar-refractivity contribution in [3.8, 4) is 57.3 Å². The van der Waals surface area contributed by atoms with E-state index < -0.39 is 180 Å². The standard InChI is InChI=1S/C44H50O26/c1-61-20-7-5-16(10-19(20)49)38-40(69-44-41(35(58)29(52)24(13-46)67-44)70-43-37(60)33(56)28(51)23(12-45)66-43)32(55)27-21(64-38)11-22(39(62-2)31(27)54)65-42-36(59)34(57)30(53)25(68-42)14-63-26(50)8-4-15-3-6-17(47)18(48)9-15/h3-11,23-25,28-30,33-37,41-49,51-54,56-60H,12-14H2,1-2H3/t23-,24-,25-,28-,29-,30-,33+,34+,35+,36-,37-,41-,42-,43+,44+/m1/s1. The molecular formula is C44H50O26. The second kappa shape index (κ2) is 21.5. The number of fused-ring (bicyclic) bond motifs is 1. The highest BCUT2D eigenvalue weighted by atomic mass is 16.8. The zero-order chi connectivity index (χ0) is 50.9. The number of aromatic hydroxyl groups is 4. The quantitative estimate of drug-likeness (QED) is 0.0316. The Balaban J connectivity index is 1.24. The molecule has 0 bridgehead atoms. The van der Waals surface area contributed by atoms with E-state index in [9.17, 15) is 81.1 Å². The molecule has 0 amide bonds. The number of rotatable bonds is 15. The average Bonchev–Trinajstić information content (AvgIpc) is 3.34. The summed E-state index contributed by atoms with van der Waals surface area (Å²) in [7, 11) is 2.28. The smallest absolute Gasteiger partial charge is 0.330 e. The molecule has 26 heteroatoms. The minimum absolute atomic E-state index is 0.0444. The number of hydrogen-bond acceptors (Lipinski definition) is 26. The van der Waals surface area contributed by atoms with Crippen molar-refractivity contribution in [2.45, 2.75) is 92.1 Å². The van der Waals surface area contributed by atoms with Crippen molar-refractivity contribution >= 4 is 23.0 Å². The number of aliphatic hydroxyl groups is 10. The van der Waals surface area contributed by atoms with Gasteiger partial charge in [-0.25, -0.2) is 4.79 Å². The molecule has 7 rings (SSSR count). The van der Waals surface area contributed by atoms with Gasteiger partial charge in [-0.1, -0.05) is 6.07 Å². The Morgan fingerprint density at radius 2 is 1.26 bits per heavy atom. The Kier molecular flexibility index (Phi) is 15.9. The van der Waals surface area contributed by atoms with Crippen molar-refractivity contribution in [2.75, 3.05) is 34.0 Å². The van der Waals surface area contributed by atoms with Gasteiger partial charge in [0.2, 0.25) is 29.5 Å². The van der Waals surface area contributed by atoms with Gasteiger partial charge in [-0.15, -0.1) is 0 Å². The number of carbonyl (C=O) groups excluding carboxylic acids is 1.